The van der Waals surface area contributed by atoms with Crippen LogP contribution in [-0.4, -0.2) is 22.2 Å². The average molecular weight is 241 g/mol. The van der Waals surface area contributed by atoms with E-state index < -0.39 is 11.9 Å². The summed E-state index contributed by atoms with van der Waals surface area (Å²) in [6, 6.07) is 13.6. The van der Waals surface area contributed by atoms with E-state index in [2.05, 4.69) is 6.07 Å². The largest absolute Gasteiger partial charge is 0.478 e. The highest BCUT2D eigenvalue weighted by molar-refractivity contribution is 5.96. The molecule has 18 heavy (non-hydrogen) atoms. The second kappa shape index (κ2) is 4.71. The van der Waals surface area contributed by atoms with E-state index >= 15 is 0 Å². The Morgan fingerprint density at radius 3 is 2.17 bits per heavy atom. The smallest absolute Gasteiger partial charge is 0.336 e. The predicted octanol–water partition coefficient (Wildman–Crippen LogP) is 2.55. The van der Waals surface area contributed by atoms with Crippen molar-refractivity contribution in [3.05, 3.63) is 59.7 Å². The first-order valence-corrected chi connectivity index (χ1v) is 5.17. The van der Waals surface area contributed by atoms with E-state index in [-0.39, 0.29) is 11.1 Å². The third kappa shape index (κ3) is 2.22. The van der Waals surface area contributed by atoms with Gasteiger partial charge in [-0.3, -0.25) is 0 Å². The summed E-state index contributed by atoms with van der Waals surface area (Å²) < 4.78 is 0. The maximum absolute atomic E-state index is 11.1. The molecule has 2 aromatic carbocycles. The Morgan fingerprint density at radius 1 is 0.944 bits per heavy atom. The molecule has 2 aromatic rings. The molecule has 2 rings (SSSR count). The van der Waals surface area contributed by atoms with Gasteiger partial charge in [-0.1, -0.05) is 24.3 Å². The first kappa shape index (κ1) is 11.9. The Balaban J connectivity index is 2.49. The maximum Gasteiger partial charge on any atom is 0.336 e. The number of hydrogen-bond acceptors (Lipinski definition) is 2. The van der Waals surface area contributed by atoms with Crippen molar-refractivity contribution in [1.82, 2.24) is 0 Å². The quantitative estimate of drug-likeness (QED) is 0.865. The van der Waals surface area contributed by atoms with Gasteiger partial charge in [0.15, 0.2) is 0 Å². The molecule has 0 atom stereocenters. The zero-order chi connectivity index (χ0) is 13.1. The molecule has 0 heterocycles. The fourth-order valence-electron chi connectivity index (χ4n) is 1.63. The van der Waals surface area contributed by atoms with Crippen LogP contribution in [0, 0.1) is 6.07 Å². The lowest BCUT2D eigenvalue weighted by atomic mass is 9.99. The van der Waals surface area contributed by atoms with Gasteiger partial charge in [0.25, 0.3) is 0 Å². The molecule has 0 aromatic heterocycles. The Morgan fingerprint density at radius 2 is 1.61 bits per heavy atom. The van der Waals surface area contributed by atoms with Crippen LogP contribution >= 0.6 is 0 Å². The first-order chi connectivity index (χ1) is 8.59. The van der Waals surface area contributed by atoms with Crippen molar-refractivity contribution in [3.8, 4) is 11.1 Å². The van der Waals surface area contributed by atoms with Crippen LogP contribution in [0.1, 0.15) is 20.7 Å². The van der Waals surface area contributed by atoms with Crippen molar-refractivity contribution in [1.29, 1.82) is 0 Å². The fourth-order valence-corrected chi connectivity index (χ4v) is 1.63. The van der Waals surface area contributed by atoms with Gasteiger partial charge >= 0.3 is 11.9 Å². The molecule has 0 saturated heterocycles. The number of carboxylic acids is 2. The van der Waals surface area contributed by atoms with Crippen LogP contribution in [0.3, 0.4) is 0 Å². The zero-order valence-corrected chi connectivity index (χ0v) is 9.25. The molecule has 0 fully saturated rings. The van der Waals surface area contributed by atoms with Crippen molar-refractivity contribution in [3.63, 3.8) is 0 Å². The van der Waals surface area contributed by atoms with E-state index in [1.54, 1.807) is 24.3 Å². The van der Waals surface area contributed by atoms with Gasteiger partial charge in [-0.25, -0.2) is 9.59 Å². The molecule has 0 aliphatic heterocycles. The van der Waals surface area contributed by atoms with Gasteiger partial charge < -0.3 is 10.2 Å². The summed E-state index contributed by atoms with van der Waals surface area (Å²) in [5.41, 5.74) is 1.37. The van der Waals surface area contributed by atoms with Crippen LogP contribution in [-0.2, 0) is 0 Å². The van der Waals surface area contributed by atoms with Crippen LogP contribution in [0.5, 0.6) is 0 Å². The fraction of sp³-hybridized carbons (Fsp3) is 0. The van der Waals surface area contributed by atoms with Crippen LogP contribution in [0.15, 0.2) is 42.5 Å². The number of aromatic carboxylic acids is 2. The summed E-state index contributed by atoms with van der Waals surface area (Å²) in [5, 5.41) is 17.8. The normalized spacial score (nSPS) is 10.0. The molecule has 2 N–H and O–H groups in total. The Labute approximate surface area is 103 Å². The summed E-state index contributed by atoms with van der Waals surface area (Å²) in [6.07, 6.45) is 0. The second-order valence-corrected chi connectivity index (χ2v) is 3.65. The van der Waals surface area contributed by atoms with Gasteiger partial charge in [0.2, 0.25) is 0 Å². The van der Waals surface area contributed by atoms with Gasteiger partial charge in [0.05, 0.1) is 11.1 Å². The Bertz CT molecular complexity index is 599. The monoisotopic (exact) mass is 241 g/mol. The summed E-state index contributed by atoms with van der Waals surface area (Å²) in [6.45, 7) is 0. The number of rotatable bonds is 3. The SMILES string of the molecule is O=C(O)c1ccc(-c2[c]cccc2C(=O)O)cc1. The van der Waals surface area contributed by atoms with Crippen molar-refractivity contribution in [2.24, 2.45) is 0 Å². The molecule has 0 bridgehead atoms. The van der Waals surface area contributed by atoms with Crippen LogP contribution < -0.4 is 0 Å². The second-order valence-electron chi connectivity index (χ2n) is 3.65. The van der Waals surface area contributed by atoms with Gasteiger partial charge in [-0.2, -0.15) is 0 Å². The third-order valence-corrected chi connectivity index (χ3v) is 2.51. The highest BCUT2D eigenvalue weighted by Crippen LogP contribution is 2.23. The minimum absolute atomic E-state index is 0.139. The van der Waals surface area contributed by atoms with Crippen molar-refractivity contribution < 1.29 is 19.8 Å². The van der Waals surface area contributed by atoms with E-state index in [1.165, 1.54) is 18.2 Å². The standard InChI is InChI=1S/C14H9O4/c15-13(16)10-7-5-9(6-8-10)11-3-1-2-4-12(11)14(17)18/h1-2,4-8H,(H,15,16)(H,17,18). The van der Waals surface area contributed by atoms with Crippen molar-refractivity contribution >= 4 is 11.9 Å². The lowest BCUT2D eigenvalue weighted by molar-refractivity contribution is 0.0686. The summed E-state index contributed by atoms with van der Waals surface area (Å²) in [7, 11) is 0. The van der Waals surface area contributed by atoms with Crippen molar-refractivity contribution in [2.75, 3.05) is 0 Å². The maximum atomic E-state index is 11.1. The van der Waals surface area contributed by atoms with E-state index in [1.807, 2.05) is 0 Å². The molecule has 89 valence electrons. The molecular weight excluding hydrogens is 232 g/mol. The number of benzene rings is 2. The van der Waals surface area contributed by atoms with Crippen LogP contribution in [0.2, 0.25) is 0 Å². The summed E-state index contributed by atoms with van der Waals surface area (Å²) in [5.74, 6) is -2.05. The molecule has 0 aliphatic carbocycles. The third-order valence-electron chi connectivity index (χ3n) is 2.51. The summed E-state index contributed by atoms with van der Waals surface area (Å²) in [4.78, 5) is 21.8. The Kier molecular flexibility index (Phi) is 3.10. The molecule has 4 heteroatoms. The number of carbonyl (C=O) groups is 2. The van der Waals surface area contributed by atoms with Gasteiger partial charge in [0.1, 0.15) is 0 Å². The minimum Gasteiger partial charge on any atom is -0.478 e. The highest BCUT2D eigenvalue weighted by Gasteiger charge is 2.11. The molecule has 0 saturated carbocycles. The molecule has 0 amide bonds. The molecule has 4 nitrogen and oxygen atoms in total. The highest BCUT2D eigenvalue weighted by atomic mass is 16.4. The predicted molar refractivity (Wildman–Crippen MR) is 64.6 cm³/mol. The van der Waals surface area contributed by atoms with Gasteiger partial charge in [0, 0.05) is 5.56 Å². The lowest BCUT2D eigenvalue weighted by Crippen LogP contribution is -2.00. The lowest BCUT2D eigenvalue weighted by Gasteiger charge is -2.05. The minimum atomic E-state index is -1.04. The molecule has 0 spiro atoms. The summed E-state index contributed by atoms with van der Waals surface area (Å²) >= 11 is 0. The number of hydrogen-bond donors (Lipinski definition) is 2. The molecule has 0 unspecified atom stereocenters. The molecular formula is C14H9O4. The van der Waals surface area contributed by atoms with E-state index in [4.69, 9.17) is 10.2 Å². The van der Waals surface area contributed by atoms with E-state index in [0.29, 0.717) is 11.1 Å². The molecule has 1 radical (unpaired) electrons. The molecule has 0 aliphatic rings. The van der Waals surface area contributed by atoms with E-state index in [9.17, 15) is 9.59 Å². The topological polar surface area (TPSA) is 74.6 Å². The Hall–Kier alpha value is -2.62. The number of carboxylic acid groups (broad SMARTS) is 2. The van der Waals surface area contributed by atoms with Gasteiger partial charge in [-0.15, -0.1) is 0 Å². The average Bonchev–Trinajstić information content (AvgIpc) is 2.39. The first-order valence-electron chi connectivity index (χ1n) is 5.17. The van der Waals surface area contributed by atoms with Gasteiger partial charge in [-0.05, 0) is 29.8 Å². The van der Waals surface area contributed by atoms with E-state index in [0.717, 1.165) is 0 Å². The van der Waals surface area contributed by atoms with Crippen molar-refractivity contribution in [2.45, 2.75) is 0 Å². The van der Waals surface area contributed by atoms with Crippen LogP contribution in [0.25, 0.3) is 11.1 Å². The zero-order valence-electron chi connectivity index (χ0n) is 9.25. The van der Waals surface area contributed by atoms with Crippen LogP contribution in [0.4, 0.5) is 0 Å².